The molecule has 1 amide bonds. The third kappa shape index (κ3) is 2.84. The lowest BCUT2D eigenvalue weighted by Gasteiger charge is -2.20. The smallest absolute Gasteiger partial charge is 0.270 e. The SMILES string of the molecule is CCCN(CC)C(=O)c1cc(Br)cn1C. The summed E-state index contributed by atoms with van der Waals surface area (Å²) in [5.41, 5.74) is 0.733. The van der Waals surface area contributed by atoms with Crippen LogP contribution in [0.2, 0.25) is 0 Å². The van der Waals surface area contributed by atoms with Crippen molar-refractivity contribution in [3.63, 3.8) is 0 Å². The van der Waals surface area contributed by atoms with E-state index in [9.17, 15) is 4.79 Å². The Morgan fingerprint density at radius 3 is 2.60 bits per heavy atom. The molecule has 0 unspecified atom stereocenters. The summed E-state index contributed by atoms with van der Waals surface area (Å²) in [5, 5.41) is 0. The van der Waals surface area contributed by atoms with E-state index < -0.39 is 0 Å². The standard InChI is InChI=1S/C11H17BrN2O/c1-4-6-14(5-2)11(15)10-7-9(12)8-13(10)3/h7-8H,4-6H2,1-3H3. The van der Waals surface area contributed by atoms with Crippen molar-refractivity contribution in [1.82, 2.24) is 9.47 Å². The first-order chi connectivity index (χ1) is 7.10. The molecule has 0 fully saturated rings. The Bertz CT molecular complexity index is 346. The van der Waals surface area contributed by atoms with Gasteiger partial charge < -0.3 is 9.47 Å². The van der Waals surface area contributed by atoms with Gasteiger partial charge in [0.1, 0.15) is 5.69 Å². The van der Waals surface area contributed by atoms with Gasteiger partial charge in [0.25, 0.3) is 5.91 Å². The summed E-state index contributed by atoms with van der Waals surface area (Å²) in [6.07, 6.45) is 2.89. The first-order valence-corrected chi connectivity index (χ1v) is 6.00. The second-order valence-electron chi connectivity index (χ2n) is 3.54. The van der Waals surface area contributed by atoms with Crippen molar-refractivity contribution in [3.05, 3.63) is 22.4 Å². The lowest BCUT2D eigenvalue weighted by atomic mass is 10.3. The molecule has 0 aromatic carbocycles. The van der Waals surface area contributed by atoms with Gasteiger partial charge in [-0.3, -0.25) is 4.79 Å². The minimum atomic E-state index is 0.104. The number of amides is 1. The maximum absolute atomic E-state index is 12.1. The van der Waals surface area contributed by atoms with Crippen LogP contribution in [0.4, 0.5) is 0 Å². The summed E-state index contributed by atoms with van der Waals surface area (Å²) in [4.78, 5) is 13.9. The van der Waals surface area contributed by atoms with Crippen LogP contribution in [0, 0.1) is 0 Å². The zero-order valence-electron chi connectivity index (χ0n) is 9.46. The predicted molar refractivity (Wildman–Crippen MR) is 65.0 cm³/mol. The summed E-state index contributed by atoms with van der Waals surface area (Å²) in [5.74, 6) is 0.104. The van der Waals surface area contributed by atoms with E-state index >= 15 is 0 Å². The monoisotopic (exact) mass is 272 g/mol. The Morgan fingerprint density at radius 1 is 1.53 bits per heavy atom. The van der Waals surface area contributed by atoms with Crippen molar-refractivity contribution in [3.8, 4) is 0 Å². The number of aryl methyl sites for hydroxylation is 1. The van der Waals surface area contributed by atoms with Crippen LogP contribution in [-0.4, -0.2) is 28.5 Å². The van der Waals surface area contributed by atoms with Gasteiger partial charge in [-0.1, -0.05) is 6.92 Å². The number of nitrogens with zero attached hydrogens (tertiary/aromatic N) is 2. The van der Waals surface area contributed by atoms with Crippen molar-refractivity contribution in [2.24, 2.45) is 7.05 Å². The molecule has 0 radical (unpaired) electrons. The molecule has 1 aromatic rings. The van der Waals surface area contributed by atoms with Gasteiger partial charge >= 0.3 is 0 Å². The maximum atomic E-state index is 12.1. The van der Waals surface area contributed by atoms with E-state index in [1.165, 1.54) is 0 Å². The lowest BCUT2D eigenvalue weighted by Crippen LogP contribution is -2.32. The Balaban J connectivity index is 2.87. The number of halogens is 1. The summed E-state index contributed by atoms with van der Waals surface area (Å²) in [7, 11) is 1.89. The van der Waals surface area contributed by atoms with Gasteiger partial charge in [-0.25, -0.2) is 0 Å². The molecule has 0 atom stereocenters. The van der Waals surface area contributed by atoms with Gasteiger partial charge in [-0.15, -0.1) is 0 Å². The quantitative estimate of drug-likeness (QED) is 0.828. The molecule has 1 heterocycles. The van der Waals surface area contributed by atoms with Crippen LogP contribution >= 0.6 is 15.9 Å². The third-order valence-electron chi connectivity index (χ3n) is 2.35. The van der Waals surface area contributed by atoms with Gasteiger partial charge in [-0.05, 0) is 35.3 Å². The molecule has 84 valence electrons. The van der Waals surface area contributed by atoms with E-state index in [4.69, 9.17) is 0 Å². The van der Waals surface area contributed by atoms with Crippen LogP contribution in [0.15, 0.2) is 16.7 Å². The summed E-state index contributed by atoms with van der Waals surface area (Å²) < 4.78 is 2.80. The molecule has 0 aliphatic carbocycles. The second-order valence-corrected chi connectivity index (χ2v) is 4.45. The summed E-state index contributed by atoms with van der Waals surface area (Å²) >= 11 is 3.37. The molecule has 1 aromatic heterocycles. The average molecular weight is 273 g/mol. The average Bonchev–Trinajstić information content (AvgIpc) is 2.53. The molecule has 0 aliphatic heterocycles. The van der Waals surface area contributed by atoms with E-state index in [1.807, 2.05) is 35.7 Å². The first kappa shape index (κ1) is 12.3. The van der Waals surface area contributed by atoms with Gasteiger partial charge in [0.15, 0.2) is 0 Å². The largest absolute Gasteiger partial charge is 0.345 e. The van der Waals surface area contributed by atoms with E-state index in [-0.39, 0.29) is 5.91 Å². The molecule has 0 bridgehead atoms. The van der Waals surface area contributed by atoms with E-state index in [1.54, 1.807) is 0 Å². The number of rotatable bonds is 4. The molecule has 0 spiro atoms. The van der Waals surface area contributed by atoms with Gasteiger partial charge in [0, 0.05) is 30.8 Å². The third-order valence-corrected chi connectivity index (χ3v) is 2.79. The highest BCUT2D eigenvalue weighted by Gasteiger charge is 2.16. The number of carbonyl (C=O) groups is 1. The molecule has 0 saturated carbocycles. The number of aromatic nitrogens is 1. The molecule has 4 heteroatoms. The minimum Gasteiger partial charge on any atom is -0.345 e. The maximum Gasteiger partial charge on any atom is 0.270 e. The zero-order chi connectivity index (χ0) is 11.4. The topological polar surface area (TPSA) is 25.2 Å². The van der Waals surface area contributed by atoms with Crippen LogP contribution in [0.1, 0.15) is 30.8 Å². The summed E-state index contributed by atoms with van der Waals surface area (Å²) in [6, 6.07) is 1.86. The fraction of sp³-hybridized carbons (Fsp3) is 0.545. The Morgan fingerprint density at radius 2 is 2.20 bits per heavy atom. The number of hydrogen-bond acceptors (Lipinski definition) is 1. The molecule has 15 heavy (non-hydrogen) atoms. The number of hydrogen-bond donors (Lipinski definition) is 0. The highest BCUT2D eigenvalue weighted by molar-refractivity contribution is 9.10. The van der Waals surface area contributed by atoms with E-state index in [0.29, 0.717) is 0 Å². The minimum absolute atomic E-state index is 0.104. The van der Waals surface area contributed by atoms with Gasteiger partial charge in [0.05, 0.1) is 0 Å². The fourth-order valence-corrected chi connectivity index (χ4v) is 2.10. The van der Waals surface area contributed by atoms with Crippen LogP contribution in [0.3, 0.4) is 0 Å². The van der Waals surface area contributed by atoms with Crippen molar-refractivity contribution in [2.45, 2.75) is 20.3 Å². The van der Waals surface area contributed by atoms with Crippen LogP contribution in [-0.2, 0) is 7.05 Å². The highest BCUT2D eigenvalue weighted by atomic mass is 79.9. The Labute approximate surface area is 99.2 Å². The van der Waals surface area contributed by atoms with Crippen LogP contribution in [0.5, 0.6) is 0 Å². The fourth-order valence-electron chi connectivity index (χ4n) is 1.57. The van der Waals surface area contributed by atoms with E-state index in [2.05, 4.69) is 22.9 Å². The zero-order valence-corrected chi connectivity index (χ0v) is 11.0. The highest BCUT2D eigenvalue weighted by Crippen LogP contribution is 2.15. The molecule has 0 N–H and O–H groups in total. The molecule has 0 aliphatic rings. The lowest BCUT2D eigenvalue weighted by molar-refractivity contribution is 0.0755. The first-order valence-electron chi connectivity index (χ1n) is 5.21. The Kier molecular flexibility index (Phi) is 4.39. The van der Waals surface area contributed by atoms with E-state index in [0.717, 1.165) is 29.7 Å². The molecule has 1 rings (SSSR count). The molecule has 3 nitrogen and oxygen atoms in total. The van der Waals surface area contributed by atoms with Gasteiger partial charge in [-0.2, -0.15) is 0 Å². The molecular formula is C11H17BrN2O. The second kappa shape index (κ2) is 5.35. The molecular weight excluding hydrogens is 256 g/mol. The van der Waals surface area contributed by atoms with Crippen molar-refractivity contribution in [2.75, 3.05) is 13.1 Å². The Hall–Kier alpha value is -0.770. The van der Waals surface area contributed by atoms with Crippen molar-refractivity contribution >= 4 is 21.8 Å². The van der Waals surface area contributed by atoms with Crippen LogP contribution < -0.4 is 0 Å². The van der Waals surface area contributed by atoms with Crippen LogP contribution in [0.25, 0.3) is 0 Å². The van der Waals surface area contributed by atoms with Crippen molar-refractivity contribution in [1.29, 1.82) is 0 Å². The summed E-state index contributed by atoms with van der Waals surface area (Å²) in [6.45, 7) is 5.66. The molecule has 0 saturated heterocycles. The normalized spacial score (nSPS) is 10.4. The number of carbonyl (C=O) groups excluding carboxylic acids is 1. The predicted octanol–water partition coefficient (Wildman–Crippen LogP) is 2.66. The van der Waals surface area contributed by atoms with Crippen molar-refractivity contribution < 1.29 is 4.79 Å². The van der Waals surface area contributed by atoms with Gasteiger partial charge in [0.2, 0.25) is 0 Å².